The van der Waals surface area contributed by atoms with E-state index in [0.717, 1.165) is 27.5 Å². The lowest BCUT2D eigenvalue weighted by atomic mass is 10.2. The number of fused-ring (bicyclic) bond motifs is 2. The first-order valence-corrected chi connectivity index (χ1v) is 7.89. The van der Waals surface area contributed by atoms with E-state index in [1.54, 1.807) is 6.07 Å². The molecule has 21 heavy (non-hydrogen) atoms. The van der Waals surface area contributed by atoms with Gasteiger partial charge in [-0.1, -0.05) is 11.6 Å². The molecule has 0 aliphatic carbocycles. The third-order valence-electron chi connectivity index (χ3n) is 2.96. The molecule has 0 aliphatic heterocycles. The maximum atomic E-state index is 6.28. The van der Waals surface area contributed by atoms with Gasteiger partial charge in [-0.25, -0.2) is 4.98 Å². The summed E-state index contributed by atoms with van der Waals surface area (Å²) in [6.45, 7) is 0. The van der Waals surface area contributed by atoms with Crippen molar-refractivity contribution in [1.82, 2.24) is 18.7 Å². The summed E-state index contributed by atoms with van der Waals surface area (Å²) in [7, 11) is 0. The molecule has 0 atom stereocenters. The number of rotatable bonds is 2. The second-order valence-corrected chi connectivity index (χ2v) is 6.08. The molecule has 0 saturated heterocycles. The van der Waals surface area contributed by atoms with Crippen LogP contribution in [0.5, 0.6) is 0 Å². The highest BCUT2D eigenvalue weighted by molar-refractivity contribution is 7.16. The van der Waals surface area contributed by atoms with Crippen molar-refractivity contribution in [2.24, 2.45) is 0 Å². The predicted molar refractivity (Wildman–Crippen MR) is 87.5 cm³/mol. The Hall–Kier alpha value is -2.03. The lowest BCUT2D eigenvalue weighted by Gasteiger charge is -2.09. The van der Waals surface area contributed by atoms with Crippen LogP contribution in [0.4, 0.5) is 17.5 Å². The van der Waals surface area contributed by atoms with Crippen molar-refractivity contribution in [1.29, 1.82) is 0 Å². The van der Waals surface area contributed by atoms with Gasteiger partial charge in [-0.05, 0) is 23.6 Å². The second kappa shape index (κ2) is 4.76. The fraction of sp³-hybridized carbons (Fsp3) is 0. The molecule has 4 rings (SSSR count). The number of anilines is 3. The molecule has 0 fully saturated rings. The van der Waals surface area contributed by atoms with E-state index in [1.807, 2.05) is 17.5 Å². The Morgan fingerprint density at radius 2 is 2.05 bits per heavy atom. The SMILES string of the molecule is Nc1nc(Nc2c(Cl)ccc3nsnc23)c2ccsc2n1. The standard InChI is InChI=1S/C12H7ClN6S2/c13-6-1-2-7-9(19-21-18-7)8(6)15-10-5-3-4-20-11(5)17-12(14)16-10/h1-4H,(H3,14,15,16,17). The Balaban J connectivity index is 1.92. The summed E-state index contributed by atoms with van der Waals surface area (Å²) in [6, 6.07) is 5.55. The van der Waals surface area contributed by atoms with Crippen LogP contribution < -0.4 is 11.1 Å². The quantitative estimate of drug-likeness (QED) is 0.581. The van der Waals surface area contributed by atoms with Crippen molar-refractivity contribution in [3.8, 4) is 0 Å². The summed E-state index contributed by atoms with van der Waals surface area (Å²) in [5, 5.41) is 6.61. The van der Waals surface area contributed by atoms with E-state index in [1.165, 1.54) is 11.3 Å². The second-order valence-electron chi connectivity index (χ2n) is 4.25. The minimum absolute atomic E-state index is 0.215. The first-order chi connectivity index (χ1) is 10.2. The Morgan fingerprint density at radius 3 is 2.95 bits per heavy atom. The van der Waals surface area contributed by atoms with Gasteiger partial charge in [0.25, 0.3) is 0 Å². The van der Waals surface area contributed by atoms with Gasteiger partial charge in [0, 0.05) is 0 Å². The van der Waals surface area contributed by atoms with Gasteiger partial charge in [0.15, 0.2) is 0 Å². The van der Waals surface area contributed by atoms with Crippen LogP contribution >= 0.6 is 34.7 Å². The Labute approximate surface area is 131 Å². The van der Waals surface area contributed by atoms with Crippen molar-refractivity contribution in [2.75, 3.05) is 11.1 Å². The van der Waals surface area contributed by atoms with Crippen LogP contribution in [0.25, 0.3) is 21.3 Å². The van der Waals surface area contributed by atoms with Gasteiger partial charge in [-0.2, -0.15) is 13.7 Å². The molecule has 0 spiro atoms. The molecule has 3 N–H and O–H groups in total. The summed E-state index contributed by atoms with van der Waals surface area (Å²) < 4.78 is 8.49. The number of aromatic nitrogens is 4. The van der Waals surface area contributed by atoms with Gasteiger partial charge < -0.3 is 11.1 Å². The van der Waals surface area contributed by atoms with E-state index in [9.17, 15) is 0 Å². The average molecular weight is 335 g/mol. The third kappa shape index (κ3) is 2.08. The number of hydrogen-bond acceptors (Lipinski definition) is 8. The number of halogens is 1. The van der Waals surface area contributed by atoms with Crippen molar-refractivity contribution < 1.29 is 0 Å². The number of nitrogens with one attached hydrogen (secondary N) is 1. The fourth-order valence-electron chi connectivity index (χ4n) is 2.03. The van der Waals surface area contributed by atoms with E-state index in [-0.39, 0.29) is 5.95 Å². The van der Waals surface area contributed by atoms with Gasteiger partial charge in [0.1, 0.15) is 21.7 Å². The third-order valence-corrected chi connectivity index (χ3v) is 4.63. The molecule has 0 saturated carbocycles. The molecular formula is C12H7ClN6S2. The van der Waals surface area contributed by atoms with E-state index in [2.05, 4.69) is 24.0 Å². The van der Waals surface area contributed by atoms with E-state index in [0.29, 0.717) is 22.0 Å². The number of hydrogen-bond donors (Lipinski definition) is 2. The molecule has 3 aromatic heterocycles. The number of nitrogens with zero attached hydrogens (tertiary/aromatic N) is 4. The van der Waals surface area contributed by atoms with E-state index < -0.39 is 0 Å². The smallest absolute Gasteiger partial charge is 0.223 e. The maximum absolute atomic E-state index is 6.28. The Bertz CT molecular complexity index is 963. The normalized spacial score (nSPS) is 11.3. The average Bonchev–Trinajstić information content (AvgIpc) is 3.09. The molecule has 0 bridgehead atoms. The number of nitrogen functional groups attached to an aromatic ring is 1. The van der Waals surface area contributed by atoms with Gasteiger partial charge >= 0.3 is 0 Å². The molecule has 0 radical (unpaired) electrons. The van der Waals surface area contributed by atoms with Crippen LogP contribution in [0.3, 0.4) is 0 Å². The zero-order chi connectivity index (χ0) is 14.4. The number of benzene rings is 1. The first-order valence-electron chi connectivity index (χ1n) is 5.91. The molecule has 104 valence electrons. The molecule has 6 nitrogen and oxygen atoms in total. The van der Waals surface area contributed by atoms with Crippen LogP contribution in [0.15, 0.2) is 23.6 Å². The van der Waals surface area contributed by atoms with Crippen LogP contribution in [-0.2, 0) is 0 Å². The predicted octanol–water partition coefficient (Wildman–Crippen LogP) is 3.68. The topological polar surface area (TPSA) is 89.6 Å². The monoisotopic (exact) mass is 334 g/mol. The Morgan fingerprint density at radius 1 is 1.14 bits per heavy atom. The van der Waals surface area contributed by atoms with Crippen molar-refractivity contribution in [3.63, 3.8) is 0 Å². The highest BCUT2D eigenvalue weighted by atomic mass is 35.5. The zero-order valence-electron chi connectivity index (χ0n) is 10.4. The van der Waals surface area contributed by atoms with E-state index >= 15 is 0 Å². The number of nitrogens with two attached hydrogens (primary N) is 1. The molecule has 9 heteroatoms. The first kappa shape index (κ1) is 12.7. The van der Waals surface area contributed by atoms with Crippen LogP contribution in [0.1, 0.15) is 0 Å². The van der Waals surface area contributed by atoms with Crippen LogP contribution in [-0.4, -0.2) is 18.7 Å². The Kier molecular flexibility index (Phi) is 2.88. The van der Waals surface area contributed by atoms with E-state index in [4.69, 9.17) is 17.3 Å². The minimum Gasteiger partial charge on any atom is -0.368 e. The van der Waals surface area contributed by atoms with Crippen molar-refractivity contribution in [2.45, 2.75) is 0 Å². The van der Waals surface area contributed by atoms with Crippen molar-refractivity contribution in [3.05, 3.63) is 28.6 Å². The summed E-state index contributed by atoms with van der Waals surface area (Å²) in [6.07, 6.45) is 0. The minimum atomic E-state index is 0.215. The molecule has 3 heterocycles. The number of thiophene rings is 1. The largest absolute Gasteiger partial charge is 0.368 e. The van der Waals surface area contributed by atoms with Gasteiger partial charge in [0.2, 0.25) is 5.95 Å². The molecule has 0 amide bonds. The maximum Gasteiger partial charge on any atom is 0.223 e. The van der Waals surface area contributed by atoms with Gasteiger partial charge in [-0.3, -0.25) is 0 Å². The summed E-state index contributed by atoms with van der Waals surface area (Å²) in [5.41, 5.74) is 7.93. The highest BCUT2D eigenvalue weighted by Crippen LogP contribution is 2.34. The van der Waals surface area contributed by atoms with Crippen LogP contribution in [0, 0.1) is 0 Å². The summed E-state index contributed by atoms with van der Waals surface area (Å²) in [4.78, 5) is 9.28. The fourth-order valence-corrected chi connectivity index (χ4v) is 3.54. The lowest BCUT2D eigenvalue weighted by molar-refractivity contribution is 1.25. The summed E-state index contributed by atoms with van der Waals surface area (Å²) >= 11 is 8.92. The molecule has 4 aromatic rings. The van der Waals surface area contributed by atoms with Crippen molar-refractivity contribution >= 4 is 73.4 Å². The molecule has 1 aromatic carbocycles. The van der Waals surface area contributed by atoms with Gasteiger partial charge in [0.05, 0.1) is 27.8 Å². The lowest BCUT2D eigenvalue weighted by Crippen LogP contribution is -2.01. The van der Waals surface area contributed by atoms with Gasteiger partial charge in [-0.15, -0.1) is 11.3 Å². The molecule has 0 unspecified atom stereocenters. The highest BCUT2D eigenvalue weighted by Gasteiger charge is 2.14. The van der Waals surface area contributed by atoms with Crippen LogP contribution in [0.2, 0.25) is 5.02 Å². The zero-order valence-corrected chi connectivity index (χ0v) is 12.8. The molecular weight excluding hydrogens is 328 g/mol. The molecule has 0 aliphatic rings. The summed E-state index contributed by atoms with van der Waals surface area (Å²) in [5.74, 6) is 0.827.